The largest absolute Gasteiger partial charge is 0.328 e. The van der Waals surface area contributed by atoms with Gasteiger partial charge in [0.05, 0.1) is 17.3 Å². The van der Waals surface area contributed by atoms with Crippen LogP contribution < -0.4 is 5.32 Å². The van der Waals surface area contributed by atoms with Crippen LogP contribution in [-0.2, 0) is 0 Å². The molecule has 0 bridgehead atoms. The number of aromatic nitrogens is 4. The van der Waals surface area contributed by atoms with Crippen LogP contribution in [0.25, 0.3) is 16.9 Å². The zero-order valence-corrected chi connectivity index (χ0v) is 16.2. The predicted octanol–water partition coefficient (Wildman–Crippen LogP) is 4.05. The monoisotopic (exact) mass is 381 g/mol. The lowest BCUT2D eigenvalue weighted by molar-refractivity contribution is 0.297. The maximum Gasteiger partial charge on any atom is 0.143 e. The van der Waals surface area contributed by atoms with Gasteiger partial charge >= 0.3 is 0 Å². The van der Waals surface area contributed by atoms with Crippen molar-refractivity contribution >= 4 is 30.3 Å². The third-order valence-corrected chi connectivity index (χ3v) is 5.01. The molecule has 0 saturated carbocycles. The lowest BCUT2D eigenvalue weighted by atomic mass is 9.97. The normalized spacial score (nSPS) is 20.1. The fourth-order valence-electron chi connectivity index (χ4n) is 3.74. The van der Waals surface area contributed by atoms with E-state index in [-0.39, 0.29) is 24.8 Å². The van der Waals surface area contributed by atoms with Crippen molar-refractivity contribution in [3.8, 4) is 11.4 Å². The second kappa shape index (κ2) is 8.21. The molecule has 0 unspecified atom stereocenters. The van der Waals surface area contributed by atoms with E-state index in [1.54, 1.807) is 0 Å². The predicted molar refractivity (Wildman–Crippen MR) is 106 cm³/mol. The first-order valence-electron chi connectivity index (χ1n) is 8.47. The van der Waals surface area contributed by atoms with Gasteiger partial charge < -0.3 is 9.88 Å². The van der Waals surface area contributed by atoms with Crippen LogP contribution in [0.3, 0.4) is 0 Å². The van der Waals surface area contributed by atoms with Gasteiger partial charge in [-0.25, -0.2) is 9.50 Å². The molecular formula is C18H25Cl2N5. The van der Waals surface area contributed by atoms with Crippen LogP contribution in [0.15, 0.2) is 36.9 Å². The first-order chi connectivity index (χ1) is 11.3. The second-order valence-corrected chi connectivity index (χ2v) is 6.44. The van der Waals surface area contributed by atoms with E-state index in [4.69, 9.17) is 0 Å². The molecule has 1 aliphatic rings. The Balaban J connectivity index is 0.00000113. The molecule has 1 aliphatic heterocycles. The van der Waals surface area contributed by atoms with E-state index in [0.717, 1.165) is 36.3 Å². The minimum atomic E-state index is 0. The number of pyridine rings is 1. The zero-order chi connectivity index (χ0) is 15.8. The molecule has 3 aromatic rings. The Morgan fingerprint density at radius 1 is 1.28 bits per heavy atom. The lowest BCUT2D eigenvalue weighted by Gasteiger charge is -2.31. The van der Waals surface area contributed by atoms with E-state index in [1.807, 2.05) is 29.2 Å². The second-order valence-electron chi connectivity index (χ2n) is 6.44. The summed E-state index contributed by atoms with van der Waals surface area (Å²) in [6, 6.07) is 5.28. The quantitative estimate of drug-likeness (QED) is 0.743. The Bertz CT molecular complexity index is 826. The Kier molecular flexibility index (Phi) is 6.49. The first-order valence-corrected chi connectivity index (χ1v) is 8.47. The third kappa shape index (κ3) is 3.54. The highest BCUT2D eigenvalue weighted by Gasteiger charge is 2.24. The maximum atomic E-state index is 4.67. The van der Waals surface area contributed by atoms with Crippen molar-refractivity contribution in [3.05, 3.63) is 42.5 Å². The van der Waals surface area contributed by atoms with E-state index in [9.17, 15) is 0 Å². The minimum Gasteiger partial charge on any atom is -0.328 e. The Morgan fingerprint density at radius 3 is 2.92 bits per heavy atom. The van der Waals surface area contributed by atoms with E-state index < -0.39 is 0 Å². The van der Waals surface area contributed by atoms with Gasteiger partial charge in [-0.05, 0) is 44.4 Å². The Morgan fingerprint density at radius 2 is 2.12 bits per heavy atom. The number of nitrogens with one attached hydrogen (secondary N) is 1. The van der Waals surface area contributed by atoms with Crippen molar-refractivity contribution < 1.29 is 0 Å². The van der Waals surface area contributed by atoms with Crippen molar-refractivity contribution in [2.24, 2.45) is 0 Å². The summed E-state index contributed by atoms with van der Waals surface area (Å²) >= 11 is 0. The van der Waals surface area contributed by atoms with Crippen LogP contribution in [0, 0.1) is 6.92 Å². The molecule has 7 heteroatoms. The van der Waals surface area contributed by atoms with Crippen LogP contribution in [0.1, 0.15) is 37.8 Å². The van der Waals surface area contributed by atoms with E-state index in [1.165, 1.54) is 12.0 Å². The number of aryl methyl sites for hydroxylation is 1. The van der Waals surface area contributed by atoms with Crippen molar-refractivity contribution in [1.82, 2.24) is 24.5 Å². The van der Waals surface area contributed by atoms with E-state index in [0.29, 0.717) is 12.1 Å². The van der Waals surface area contributed by atoms with Crippen molar-refractivity contribution in [3.63, 3.8) is 0 Å². The summed E-state index contributed by atoms with van der Waals surface area (Å²) in [6.45, 7) is 5.46. The topological polar surface area (TPSA) is 47.2 Å². The number of hydrogen-bond acceptors (Lipinski definition) is 3. The molecule has 4 heterocycles. The zero-order valence-electron chi connectivity index (χ0n) is 14.6. The molecule has 25 heavy (non-hydrogen) atoms. The molecule has 0 aliphatic carbocycles. The molecule has 3 aromatic heterocycles. The van der Waals surface area contributed by atoms with Gasteiger partial charge in [-0.2, -0.15) is 5.10 Å². The molecule has 0 aromatic carbocycles. The van der Waals surface area contributed by atoms with Gasteiger partial charge in [-0.15, -0.1) is 24.8 Å². The highest BCUT2D eigenvalue weighted by molar-refractivity contribution is 5.85. The molecule has 2 atom stereocenters. The number of halogens is 2. The number of imidazole rings is 1. The van der Waals surface area contributed by atoms with Crippen molar-refractivity contribution in [2.75, 3.05) is 6.54 Å². The van der Waals surface area contributed by atoms with E-state index >= 15 is 0 Å². The number of piperidine rings is 1. The lowest BCUT2D eigenvalue weighted by Crippen LogP contribution is -2.38. The number of hydrogen-bond donors (Lipinski definition) is 1. The molecule has 5 nitrogen and oxygen atoms in total. The molecule has 0 radical (unpaired) electrons. The average molecular weight is 382 g/mol. The van der Waals surface area contributed by atoms with Gasteiger partial charge in [0.1, 0.15) is 5.82 Å². The summed E-state index contributed by atoms with van der Waals surface area (Å²) in [4.78, 5) is 4.67. The maximum absolute atomic E-state index is 4.67. The van der Waals surface area contributed by atoms with Crippen molar-refractivity contribution in [1.29, 1.82) is 0 Å². The minimum absolute atomic E-state index is 0. The van der Waals surface area contributed by atoms with Gasteiger partial charge in [0.2, 0.25) is 0 Å². The summed E-state index contributed by atoms with van der Waals surface area (Å²) in [5.41, 5.74) is 3.51. The number of rotatable bonds is 3. The van der Waals surface area contributed by atoms with Crippen LogP contribution >= 0.6 is 24.8 Å². The van der Waals surface area contributed by atoms with Gasteiger partial charge in [-0.1, -0.05) is 13.0 Å². The van der Waals surface area contributed by atoms with Crippen LogP contribution in [0.4, 0.5) is 0 Å². The standard InChI is InChI=1S/C18H23N5.2ClH/c1-3-14-11-15(6-7-19-14)22-10-8-20-18(22)16-12-21-23-9-4-5-13(2)17(16)23;;/h4-5,8-10,12,14-15,19H,3,6-7,11H2,1-2H3;2*1H/t14-,15-;;/m1../s1. The summed E-state index contributed by atoms with van der Waals surface area (Å²) in [7, 11) is 0. The van der Waals surface area contributed by atoms with Crippen LogP contribution in [0.5, 0.6) is 0 Å². The average Bonchev–Trinajstić information content (AvgIpc) is 3.21. The fraction of sp³-hybridized carbons (Fsp3) is 0.444. The number of fused-ring (bicyclic) bond motifs is 1. The van der Waals surface area contributed by atoms with Gasteiger partial charge in [0.25, 0.3) is 0 Å². The highest BCUT2D eigenvalue weighted by Crippen LogP contribution is 2.31. The molecule has 0 amide bonds. The highest BCUT2D eigenvalue weighted by atomic mass is 35.5. The smallest absolute Gasteiger partial charge is 0.143 e. The fourth-order valence-corrected chi connectivity index (χ4v) is 3.74. The first kappa shape index (κ1) is 19.8. The SMILES string of the molecule is CC[C@@H]1C[C@H](n2ccnc2-c2cnn3cccc(C)c23)CCN1.Cl.Cl. The summed E-state index contributed by atoms with van der Waals surface area (Å²) in [6.07, 6.45) is 11.5. The molecule has 136 valence electrons. The number of nitrogens with zero attached hydrogens (tertiary/aromatic N) is 4. The van der Waals surface area contributed by atoms with Crippen LogP contribution in [-0.4, -0.2) is 31.8 Å². The molecule has 1 N–H and O–H groups in total. The molecule has 4 rings (SSSR count). The molecule has 1 fully saturated rings. The van der Waals surface area contributed by atoms with Crippen LogP contribution in [0.2, 0.25) is 0 Å². The molecule has 1 saturated heterocycles. The summed E-state index contributed by atoms with van der Waals surface area (Å²) in [5, 5.41) is 8.11. The van der Waals surface area contributed by atoms with Gasteiger partial charge in [0, 0.05) is 30.7 Å². The van der Waals surface area contributed by atoms with Gasteiger partial charge in [-0.3, -0.25) is 0 Å². The summed E-state index contributed by atoms with van der Waals surface area (Å²) < 4.78 is 4.30. The Labute approximate surface area is 160 Å². The Hall–Kier alpha value is -1.56. The van der Waals surface area contributed by atoms with Crippen molar-refractivity contribution in [2.45, 2.75) is 45.2 Å². The third-order valence-electron chi connectivity index (χ3n) is 5.01. The van der Waals surface area contributed by atoms with Gasteiger partial charge in [0.15, 0.2) is 0 Å². The molecular weight excluding hydrogens is 357 g/mol. The molecule has 0 spiro atoms. The van der Waals surface area contributed by atoms with E-state index in [2.05, 4.69) is 46.1 Å². The summed E-state index contributed by atoms with van der Waals surface area (Å²) in [5.74, 6) is 1.04.